The van der Waals surface area contributed by atoms with E-state index in [0.29, 0.717) is 12.5 Å². The van der Waals surface area contributed by atoms with Crippen LogP contribution in [0, 0.1) is 19.8 Å². The van der Waals surface area contributed by atoms with Gasteiger partial charge in [0.2, 0.25) is 5.91 Å². The third kappa shape index (κ3) is 3.58. The quantitative estimate of drug-likeness (QED) is 0.854. The van der Waals surface area contributed by atoms with Crippen LogP contribution in [0.4, 0.5) is 0 Å². The first-order valence-corrected chi connectivity index (χ1v) is 9.11. The third-order valence-electron chi connectivity index (χ3n) is 4.05. The van der Waals surface area contributed by atoms with Crippen LogP contribution < -0.4 is 5.32 Å². The van der Waals surface area contributed by atoms with Gasteiger partial charge in [0, 0.05) is 28.2 Å². The predicted octanol–water partition coefficient (Wildman–Crippen LogP) is 3.98. The maximum Gasteiger partial charge on any atom is 0.223 e. The number of hydrogen-bond acceptors (Lipinski definition) is 3. The number of nitrogens with zero attached hydrogens (tertiary/aromatic N) is 1. The van der Waals surface area contributed by atoms with Crippen molar-refractivity contribution in [1.29, 1.82) is 0 Å². The summed E-state index contributed by atoms with van der Waals surface area (Å²) in [7, 11) is 0. The average Bonchev–Trinajstić information content (AvgIpc) is 3.20. The molecule has 0 bridgehead atoms. The highest BCUT2D eigenvalue weighted by Crippen LogP contribution is 2.47. The van der Waals surface area contributed by atoms with Crippen LogP contribution >= 0.6 is 27.3 Å². The lowest BCUT2D eigenvalue weighted by Gasteiger charge is -2.05. The second kappa shape index (κ2) is 6.50. The van der Waals surface area contributed by atoms with Crippen LogP contribution in [0.1, 0.15) is 33.5 Å². The Kier molecular flexibility index (Phi) is 4.64. The molecule has 1 aliphatic carbocycles. The normalized spacial score (nSPS) is 20.0. The average molecular weight is 379 g/mol. The number of carbonyl (C=O) groups is 1. The zero-order valence-corrected chi connectivity index (χ0v) is 15.1. The number of rotatable bonds is 5. The van der Waals surface area contributed by atoms with E-state index in [4.69, 9.17) is 0 Å². The van der Waals surface area contributed by atoms with E-state index < -0.39 is 0 Å². The Bertz CT molecular complexity index is 698. The first-order chi connectivity index (χ1) is 10.5. The molecular weight excluding hydrogens is 360 g/mol. The van der Waals surface area contributed by atoms with Crippen molar-refractivity contribution in [2.24, 2.45) is 5.92 Å². The number of halogens is 1. The van der Waals surface area contributed by atoms with Crippen molar-refractivity contribution in [2.45, 2.75) is 32.6 Å². The summed E-state index contributed by atoms with van der Waals surface area (Å²) >= 11 is 5.21. The van der Waals surface area contributed by atoms with Gasteiger partial charge in [0.1, 0.15) is 0 Å². The first-order valence-electron chi connectivity index (χ1n) is 7.50. The molecule has 1 amide bonds. The number of thiazole rings is 1. The number of carbonyl (C=O) groups excluding carboxylic acids is 1. The number of hydrogen-bond donors (Lipinski definition) is 1. The van der Waals surface area contributed by atoms with Gasteiger partial charge >= 0.3 is 0 Å². The fourth-order valence-electron chi connectivity index (χ4n) is 2.83. The Hall–Kier alpha value is -1.20. The monoisotopic (exact) mass is 378 g/mol. The number of amides is 1. The van der Waals surface area contributed by atoms with E-state index in [9.17, 15) is 4.79 Å². The zero-order chi connectivity index (χ0) is 15.7. The SMILES string of the molecule is Cc1nc(C)c(CCNC(=O)C2CC2c2cccc(Br)c2)s1. The van der Waals surface area contributed by atoms with Crippen LogP contribution in [0.15, 0.2) is 28.7 Å². The summed E-state index contributed by atoms with van der Waals surface area (Å²) in [4.78, 5) is 17.9. The number of benzene rings is 1. The van der Waals surface area contributed by atoms with E-state index in [0.717, 1.165) is 28.0 Å². The van der Waals surface area contributed by atoms with Gasteiger partial charge in [-0.05, 0) is 43.9 Å². The molecular formula is C17H19BrN2OS. The van der Waals surface area contributed by atoms with Gasteiger partial charge in [0.15, 0.2) is 0 Å². The second-order valence-corrected chi connectivity index (χ2v) is 7.99. The highest BCUT2D eigenvalue weighted by molar-refractivity contribution is 9.10. The van der Waals surface area contributed by atoms with Crippen LogP contribution in [0.3, 0.4) is 0 Å². The van der Waals surface area contributed by atoms with Gasteiger partial charge in [-0.1, -0.05) is 28.1 Å². The van der Waals surface area contributed by atoms with E-state index in [1.54, 1.807) is 11.3 Å². The molecule has 22 heavy (non-hydrogen) atoms. The van der Waals surface area contributed by atoms with Crippen LogP contribution in [0.2, 0.25) is 0 Å². The second-order valence-electron chi connectivity index (χ2n) is 5.79. The number of nitrogens with one attached hydrogen (secondary N) is 1. The lowest BCUT2D eigenvalue weighted by Crippen LogP contribution is -2.27. The molecule has 0 spiro atoms. The minimum atomic E-state index is 0.138. The Balaban J connectivity index is 1.49. The van der Waals surface area contributed by atoms with Crippen molar-refractivity contribution in [2.75, 3.05) is 6.54 Å². The highest BCUT2D eigenvalue weighted by atomic mass is 79.9. The molecule has 0 aliphatic heterocycles. The molecule has 1 fully saturated rings. The Morgan fingerprint density at radius 2 is 2.27 bits per heavy atom. The fourth-order valence-corrected chi connectivity index (χ4v) is 4.18. The minimum Gasteiger partial charge on any atom is -0.355 e. The van der Waals surface area contributed by atoms with Gasteiger partial charge in [0.25, 0.3) is 0 Å². The number of aryl methyl sites for hydroxylation is 2. The molecule has 116 valence electrons. The molecule has 1 N–H and O–H groups in total. The topological polar surface area (TPSA) is 42.0 Å². The number of aromatic nitrogens is 1. The van der Waals surface area contributed by atoms with Crippen molar-refractivity contribution in [3.05, 3.63) is 49.9 Å². The van der Waals surface area contributed by atoms with Crippen molar-refractivity contribution in [3.8, 4) is 0 Å². The van der Waals surface area contributed by atoms with Crippen LogP contribution in [-0.2, 0) is 11.2 Å². The van der Waals surface area contributed by atoms with Crippen LogP contribution in [0.25, 0.3) is 0 Å². The standard InChI is InChI=1S/C17H19BrN2OS/c1-10-16(22-11(2)20-10)6-7-19-17(21)15-9-14(15)12-4-3-5-13(18)8-12/h3-5,8,14-15H,6-7,9H2,1-2H3,(H,19,21). The Morgan fingerprint density at radius 1 is 1.45 bits per heavy atom. The zero-order valence-electron chi connectivity index (χ0n) is 12.7. The summed E-state index contributed by atoms with van der Waals surface area (Å²) in [6.07, 6.45) is 1.83. The highest BCUT2D eigenvalue weighted by Gasteiger charge is 2.43. The molecule has 1 saturated carbocycles. The van der Waals surface area contributed by atoms with Crippen molar-refractivity contribution < 1.29 is 4.79 Å². The van der Waals surface area contributed by atoms with E-state index in [-0.39, 0.29) is 11.8 Å². The fraction of sp³-hybridized carbons (Fsp3) is 0.412. The molecule has 2 atom stereocenters. The van der Waals surface area contributed by atoms with Gasteiger partial charge in [-0.25, -0.2) is 4.98 Å². The maximum atomic E-state index is 12.2. The van der Waals surface area contributed by atoms with E-state index in [1.165, 1.54) is 10.4 Å². The Labute approximate surface area is 143 Å². The maximum absolute atomic E-state index is 12.2. The lowest BCUT2D eigenvalue weighted by molar-refractivity contribution is -0.122. The summed E-state index contributed by atoms with van der Waals surface area (Å²) in [6, 6.07) is 8.26. The van der Waals surface area contributed by atoms with Gasteiger partial charge in [-0.15, -0.1) is 11.3 Å². The van der Waals surface area contributed by atoms with Gasteiger partial charge < -0.3 is 5.32 Å². The lowest BCUT2D eigenvalue weighted by atomic mass is 10.1. The molecule has 1 aromatic heterocycles. The van der Waals surface area contributed by atoms with E-state index in [2.05, 4.69) is 38.4 Å². The predicted molar refractivity (Wildman–Crippen MR) is 93.3 cm³/mol. The summed E-state index contributed by atoms with van der Waals surface area (Å²) in [5, 5.41) is 4.17. The molecule has 1 aromatic carbocycles. The molecule has 0 radical (unpaired) electrons. The van der Waals surface area contributed by atoms with Crippen molar-refractivity contribution >= 4 is 33.2 Å². The van der Waals surface area contributed by atoms with Gasteiger partial charge in [-0.2, -0.15) is 0 Å². The molecule has 3 rings (SSSR count). The summed E-state index contributed by atoms with van der Waals surface area (Å²) in [6.45, 7) is 4.75. The smallest absolute Gasteiger partial charge is 0.223 e. The van der Waals surface area contributed by atoms with E-state index >= 15 is 0 Å². The van der Waals surface area contributed by atoms with Gasteiger partial charge in [0.05, 0.1) is 10.7 Å². The van der Waals surface area contributed by atoms with Crippen molar-refractivity contribution in [3.63, 3.8) is 0 Å². The third-order valence-corrected chi connectivity index (χ3v) is 5.68. The van der Waals surface area contributed by atoms with E-state index in [1.807, 2.05) is 26.0 Å². The molecule has 5 heteroatoms. The van der Waals surface area contributed by atoms with Crippen LogP contribution in [-0.4, -0.2) is 17.4 Å². The largest absolute Gasteiger partial charge is 0.355 e. The first kappa shape index (κ1) is 15.7. The van der Waals surface area contributed by atoms with Gasteiger partial charge in [-0.3, -0.25) is 4.79 Å². The summed E-state index contributed by atoms with van der Waals surface area (Å²) < 4.78 is 1.08. The summed E-state index contributed by atoms with van der Waals surface area (Å²) in [5.74, 6) is 0.701. The summed E-state index contributed by atoms with van der Waals surface area (Å²) in [5.41, 5.74) is 2.35. The molecule has 3 nitrogen and oxygen atoms in total. The molecule has 2 aromatic rings. The minimum absolute atomic E-state index is 0.138. The van der Waals surface area contributed by atoms with Crippen LogP contribution in [0.5, 0.6) is 0 Å². The molecule has 1 aliphatic rings. The molecule has 0 saturated heterocycles. The van der Waals surface area contributed by atoms with Crippen molar-refractivity contribution in [1.82, 2.24) is 10.3 Å². The molecule has 2 unspecified atom stereocenters. The Morgan fingerprint density at radius 3 is 2.95 bits per heavy atom. The molecule has 1 heterocycles.